The van der Waals surface area contributed by atoms with Gasteiger partial charge in [-0.3, -0.25) is 9.59 Å². The second kappa shape index (κ2) is 6.83. The van der Waals surface area contributed by atoms with Crippen molar-refractivity contribution in [2.75, 3.05) is 26.2 Å². The fraction of sp³-hybridized carbons (Fsp3) is 0.250. The molecule has 1 fully saturated rings. The van der Waals surface area contributed by atoms with Crippen LogP contribution in [-0.4, -0.2) is 57.8 Å². The summed E-state index contributed by atoms with van der Waals surface area (Å²) in [6.07, 6.45) is 0. The molecule has 0 unspecified atom stereocenters. The molecule has 138 valence electrons. The summed E-state index contributed by atoms with van der Waals surface area (Å²) in [6, 6.07) is 10.9. The lowest BCUT2D eigenvalue weighted by molar-refractivity contribution is 0.0535. The average Bonchev–Trinajstić information content (AvgIpc) is 3.07. The molecule has 27 heavy (non-hydrogen) atoms. The number of aryl methyl sites for hydroxylation is 1. The maximum absolute atomic E-state index is 13.0. The van der Waals surface area contributed by atoms with Crippen LogP contribution in [0.4, 0.5) is 4.39 Å². The van der Waals surface area contributed by atoms with Crippen LogP contribution < -0.4 is 0 Å². The number of amides is 2. The van der Waals surface area contributed by atoms with Gasteiger partial charge >= 0.3 is 0 Å². The first-order chi connectivity index (χ1) is 13.0. The number of H-pyrrole nitrogens is 1. The first-order valence-electron chi connectivity index (χ1n) is 8.82. The number of imidazole rings is 1. The van der Waals surface area contributed by atoms with Crippen LogP contribution in [0.5, 0.6) is 0 Å². The predicted octanol–water partition coefficient (Wildman–Crippen LogP) is 2.61. The second-order valence-corrected chi connectivity index (χ2v) is 6.65. The lowest BCUT2D eigenvalue weighted by Crippen LogP contribution is -2.50. The molecule has 0 spiro atoms. The lowest BCUT2D eigenvalue weighted by Gasteiger charge is -2.34. The van der Waals surface area contributed by atoms with E-state index in [2.05, 4.69) is 9.97 Å². The summed E-state index contributed by atoms with van der Waals surface area (Å²) < 4.78 is 13.0. The molecular formula is C20H19FN4O2. The summed E-state index contributed by atoms with van der Waals surface area (Å²) in [7, 11) is 0. The van der Waals surface area contributed by atoms with Crippen LogP contribution in [0.25, 0.3) is 11.0 Å². The molecule has 1 aliphatic heterocycles. The monoisotopic (exact) mass is 366 g/mol. The summed E-state index contributed by atoms with van der Waals surface area (Å²) in [5.41, 5.74) is 2.72. The number of aromatic nitrogens is 2. The van der Waals surface area contributed by atoms with Crippen molar-refractivity contribution >= 4 is 22.8 Å². The molecule has 2 aromatic carbocycles. The Kier molecular flexibility index (Phi) is 4.35. The number of halogens is 1. The first-order valence-corrected chi connectivity index (χ1v) is 8.82. The average molecular weight is 366 g/mol. The largest absolute Gasteiger partial charge is 0.342 e. The lowest BCUT2D eigenvalue weighted by atomic mass is 10.1. The third-order valence-electron chi connectivity index (χ3n) is 4.79. The van der Waals surface area contributed by atoms with Crippen LogP contribution in [0.3, 0.4) is 0 Å². The van der Waals surface area contributed by atoms with E-state index in [4.69, 9.17) is 0 Å². The fourth-order valence-corrected chi connectivity index (χ4v) is 3.34. The van der Waals surface area contributed by atoms with E-state index in [-0.39, 0.29) is 17.6 Å². The summed E-state index contributed by atoms with van der Waals surface area (Å²) in [5, 5.41) is 0. The van der Waals surface area contributed by atoms with Gasteiger partial charge in [0.1, 0.15) is 11.6 Å². The highest BCUT2D eigenvalue weighted by Crippen LogP contribution is 2.17. The molecule has 1 saturated heterocycles. The molecule has 1 aromatic heterocycles. The highest BCUT2D eigenvalue weighted by Gasteiger charge is 2.25. The van der Waals surface area contributed by atoms with Crippen LogP contribution in [0.1, 0.15) is 26.5 Å². The molecule has 0 saturated carbocycles. The molecule has 7 heteroatoms. The van der Waals surface area contributed by atoms with E-state index < -0.39 is 0 Å². The number of hydrogen-bond acceptors (Lipinski definition) is 3. The van der Waals surface area contributed by atoms with E-state index >= 15 is 0 Å². The van der Waals surface area contributed by atoms with E-state index in [1.807, 2.05) is 19.1 Å². The zero-order valence-electron chi connectivity index (χ0n) is 14.9. The molecule has 2 heterocycles. The minimum atomic E-state index is -0.369. The van der Waals surface area contributed by atoms with Crippen molar-refractivity contribution in [1.82, 2.24) is 19.8 Å². The van der Waals surface area contributed by atoms with Gasteiger partial charge < -0.3 is 14.8 Å². The molecule has 4 rings (SSSR count). The quantitative estimate of drug-likeness (QED) is 0.758. The van der Waals surface area contributed by atoms with Gasteiger partial charge in [-0.05, 0) is 49.4 Å². The van der Waals surface area contributed by atoms with Crippen LogP contribution in [-0.2, 0) is 0 Å². The maximum atomic E-state index is 13.0. The molecule has 2 amide bonds. The molecular weight excluding hydrogens is 347 g/mol. The number of hydrogen-bond donors (Lipinski definition) is 1. The highest BCUT2D eigenvalue weighted by molar-refractivity contribution is 5.98. The van der Waals surface area contributed by atoms with Gasteiger partial charge in [0.15, 0.2) is 0 Å². The van der Waals surface area contributed by atoms with Gasteiger partial charge in [0, 0.05) is 37.3 Å². The van der Waals surface area contributed by atoms with Crippen LogP contribution in [0.2, 0.25) is 0 Å². The van der Waals surface area contributed by atoms with Crippen molar-refractivity contribution < 1.29 is 14.0 Å². The smallest absolute Gasteiger partial charge is 0.254 e. The number of carbonyl (C=O) groups excluding carboxylic acids is 2. The Labute approximate surface area is 155 Å². The van der Waals surface area contributed by atoms with Gasteiger partial charge in [-0.25, -0.2) is 9.37 Å². The maximum Gasteiger partial charge on any atom is 0.254 e. The number of aromatic amines is 1. The Hall–Kier alpha value is -3.22. The van der Waals surface area contributed by atoms with E-state index in [1.165, 1.54) is 24.3 Å². The topological polar surface area (TPSA) is 69.3 Å². The van der Waals surface area contributed by atoms with Crippen molar-refractivity contribution in [2.24, 2.45) is 0 Å². The minimum Gasteiger partial charge on any atom is -0.342 e. The Morgan fingerprint density at radius 2 is 1.48 bits per heavy atom. The van der Waals surface area contributed by atoms with Crippen molar-refractivity contribution in [3.05, 3.63) is 65.2 Å². The van der Waals surface area contributed by atoms with E-state index in [1.54, 1.807) is 15.9 Å². The highest BCUT2D eigenvalue weighted by atomic mass is 19.1. The number of rotatable bonds is 2. The Bertz CT molecular complexity index is 1000. The van der Waals surface area contributed by atoms with E-state index in [9.17, 15) is 14.0 Å². The van der Waals surface area contributed by atoms with Crippen molar-refractivity contribution in [1.29, 1.82) is 0 Å². The van der Waals surface area contributed by atoms with Crippen molar-refractivity contribution in [2.45, 2.75) is 6.92 Å². The summed E-state index contributed by atoms with van der Waals surface area (Å²) in [6.45, 7) is 3.71. The number of carbonyl (C=O) groups is 2. The van der Waals surface area contributed by atoms with Gasteiger partial charge in [0.25, 0.3) is 11.8 Å². The molecule has 1 N–H and O–H groups in total. The minimum absolute atomic E-state index is 0.0574. The van der Waals surface area contributed by atoms with Crippen LogP contribution >= 0.6 is 0 Å². The van der Waals surface area contributed by atoms with Gasteiger partial charge in [0.2, 0.25) is 0 Å². The molecule has 0 atom stereocenters. The van der Waals surface area contributed by atoms with Crippen molar-refractivity contribution in [3.8, 4) is 0 Å². The zero-order valence-corrected chi connectivity index (χ0v) is 14.9. The number of nitrogens with zero attached hydrogens (tertiary/aromatic N) is 3. The van der Waals surface area contributed by atoms with Gasteiger partial charge in [-0.2, -0.15) is 0 Å². The fourth-order valence-electron chi connectivity index (χ4n) is 3.34. The number of fused-ring (bicyclic) bond motifs is 1. The molecule has 3 aromatic rings. The molecule has 0 radical (unpaired) electrons. The number of benzene rings is 2. The van der Waals surface area contributed by atoms with Crippen LogP contribution in [0, 0.1) is 12.7 Å². The standard InChI is InChI=1S/C20H19FN4O2/c1-13-22-17-7-4-15(12-18(17)23-13)20(27)25-10-8-24(9-11-25)19(26)14-2-5-16(21)6-3-14/h2-7,12H,8-11H2,1H3,(H,22,23). The summed E-state index contributed by atoms with van der Waals surface area (Å²) >= 11 is 0. The Morgan fingerprint density at radius 3 is 2.11 bits per heavy atom. The summed E-state index contributed by atoms with van der Waals surface area (Å²) in [5.74, 6) is 0.239. The third-order valence-corrected chi connectivity index (χ3v) is 4.79. The van der Waals surface area contributed by atoms with Gasteiger partial charge in [0.05, 0.1) is 11.0 Å². The first kappa shape index (κ1) is 17.2. The number of piperazine rings is 1. The Morgan fingerprint density at radius 1 is 0.926 bits per heavy atom. The van der Waals surface area contributed by atoms with E-state index in [0.29, 0.717) is 37.3 Å². The molecule has 0 bridgehead atoms. The normalized spacial score (nSPS) is 14.6. The third kappa shape index (κ3) is 3.40. The zero-order chi connectivity index (χ0) is 19.0. The number of nitrogens with one attached hydrogen (secondary N) is 1. The van der Waals surface area contributed by atoms with Gasteiger partial charge in [-0.1, -0.05) is 0 Å². The second-order valence-electron chi connectivity index (χ2n) is 6.65. The van der Waals surface area contributed by atoms with Crippen molar-refractivity contribution in [3.63, 3.8) is 0 Å². The molecule has 6 nitrogen and oxygen atoms in total. The molecule has 1 aliphatic rings. The van der Waals surface area contributed by atoms with Crippen LogP contribution in [0.15, 0.2) is 42.5 Å². The van der Waals surface area contributed by atoms with E-state index in [0.717, 1.165) is 16.9 Å². The SMILES string of the molecule is Cc1nc2ccc(C(=O)N3CCN(C(=O)c4ccc(F)cc4)CC3)cc2[nH]1. The molecule has 0 aliphatic carbocycles. The summed E-state index contributed by atoms with van der Waals surface area (Å²) in [4.78, 5) is 36.2. The predicted molar refractivity (Wildman–Crippen MR) is 99.0 cm³/mol. The van der Waals surface area contributed by atoms with Gasteiger partial charge in [-0.15, -0.1) is 0 Å². The Balaban J connectivity index is 1.42.